The molecule has 0 radical (unpaired) electrons. The molecule has 0 aliphatic carbocycles. The zero-order valence-electron chi connectivity index (χ0n) is 11.9. The molecular formula is C16H14N4OS. The van der Waals surface area contributed by atoms with E-state index in [1.165, 1.54) is 0 Å². The van der Waals surface area contributed by atoms with Crippen LogP contribution in [0.3, 0.4) is 0 Å². The first-order valence-corrected chi connectivity index (χ1v) is 7.10. The topological polar surface area (TPSA) is 55.2 Å². The predicted octanol–water partition coefficient (Wildman–Crippen LogP) is 3.50. The number of aromatic nitrogens is 3. The summed E-state index contributed by atoms with van der Waals surface area (Å²) in [7, 11) is 1.63. The fourth-order valence-corrected chi connectivity index (χ4v) is 2.17. The van der Waals surface area contributed by atoms with Crippen molar-refractivity contribution >= 4 is 18.4 Å². The average molecular weight is 310 g/mol. The molecule has 0 saturated heterocycles. The van der Waals surface area contributed by atoms with Gasteiger partial charge in [-0.1, -0.05) is 30.3 Å². The molecular weight excluding hydrogens is 296 g/mol. The highest BCUT2D eigenvalue weighted by Gasteiger charge is 2.08. The molecule has 0 amide bonds. The van der Waals surface area contributed by atoms with E-state index >= 15 is 0 Å². The molecule has 2 aromatic carbocycles. The third-order valence-corrected chi connectivity index (χ3v) is 3.38. The number of H-pyrrole nitrogens is 1. The van der Waals surface area contributed by atoms with Crippen LogP contribution in [0.15, 0.2) is 59.7 Å². The normalized spacial score (nSPS) is 11.0. The Kier molecular flexibility index (Phi) is 4.11. The van der Waals surface area contributed by atoms with Crippen molar-refractivity contribution in [1.82, 2.24) is 14.9 Å². The lowest BCUT2D eigenvalue weighted by atomic mass is 10.2. The third-order valence-electron chi connectivity index (χ3n) is 3.12. The molecule has 22 heavy (non-hydrogen) atoms. The van der Waals surface area contributed by atoms with Crippen molar-refractivity contribution in [1.29, 1.82) is 0 Å². The second-order valence-corrected chi connectivity index (χ2v) is 4.93. The molecule has 6 heteroatoms. The fourth-order valence-electron chi connectivity index (χ4n) is 1.99. The molecule has 0 atom stereocenters. The second-order valence-electron chi connectivity index (χ2n) is 4.55. The summed E-state index contributed by atoms with van der Waals surface area (Å²) in [5, 5.41) is 11.4. The van der Waals surface area contributed by atoms with Crippen molar-refractivity contribution in [3.8, 4) is 17.1 Å². The van der Waals surface area contributed by atoms with Crippen LogP contribution in [-0.4, -0.2) is 28.2 Å². The maximum absolute atomic E-state index is 5.24. The highest BCUT2D eigenvalue weighted by Crippen LogP contribution is 2.20. The SMILES string of the molecule is COc1ccc(-c2n[nH]c(=S)n2/N=C\c2ccccc2)cc1. The third kappa shape index (κ3) is 2.96. The van der Waals surface area contributed by atoms with Crippen LogP contribution in [0.5, 0.6) is 5.75 Å². The van der Waals surface area contributed by atoms with E-state index in [1.807, 2.05) is 54.6 Å². The largest absolute Gasteiger partial charge is 0.497 e. The molecule has 1 heterocycles. The van der Waals surface area contributed by atoms with Crippen LogP contribution in [0.2, 0.25) is 0 Å². The second kappa shape index (κ2) is 6.36. The molecule has 0 aliphatic heterocycles. The first-order valence-electron chi connectivity index (χ1n) is 6.69. The van der Waals surface area contributed by atoms with E-state index in [1.54, 1.807) is 18.0 Å². The molecule has 1 aromatic heterocycles. The van der Waals surface area contributed by atoms with Crippen LogP contribution in [0.4, 0.5) is 0 Å². The van der Waals surface area contributed by atoms with Crippen LogP contribution < -0.4 is 4.74 Å². The minimum absolute atomic E-state index is 0.443. The monoisotopic (exact) mass is 310 g/mol. The summed E-state index contributed by atoms with van der Waals surface area (Å²) in [6, 6.07) is 17.4. The summed E-state index contributed by atoms with van der Waals surface area (Å²) in [4.78, 5) is 0. The lowest BCUT2D eigenvalue weighted by molar-refractivity contribution is 0.415. The molecule has 1 N–H and O–H groups in total. The predicted molar refractivity (Wildman–Crippen MR) is 88.8 cm³/mol. The van der Waals surface area contributed by atoms with Gasteiger partial charge in [0.25, 0.3) is 0 Å². The van der Waals surface area contributed by atoms with E-state index in [9.17, 15) is 0 Å². The minimum atomic E-state index is 0.443. The molecule has 0 aliphatic rings. The van der Waals surface area contributed by atoms with Gasteiger partial charge in [-0.2, -0.15) is 14.9 Å². The summed E-state index contributed by atoms with van der Waals surface area (Å²) >= 11 is 5.24. The van der Waals surface area contributed by atoms with Gasteiger partial charge in [0.05, 0.1) is 13.3 Å². The smallest absolute Gasteiger partial charge is 0.216 e. The zero-order chi connectivity index (χ0) is 15.4. The van der Waals surface area contributed by atoms with Gasteiger partial charge in [-0.3, -0.25) is 0 Å². The van der Waals surface area contributed by atoms with Crippen LogP contribution in [0.25, 0.3) is 11.4 Å². The van der Waals surface area contributed by atoms with Gasteiger partial charge in [0.2, 0.25) is 4.77 Å². The van der Waals surface area contributed by atoms with Gasteiger partial charge in [-0.15, -0.1) is 0 Å². The number of ether oxygens (including phenoxy) is 1. The Hall–Kier alpha value is -2.73. The maximum atomic E-state index is 5.24. The number of methoxy groups -OCH3 is 1. The molecule has 0 saturated carbocycles. The summed E-state index contributed by atoms with van der Waals surface area (Å²) in [5.41, 5.74) is 1.89. The quantitative estimate of drug-likeness (QED) is 0.593. The Morgan fingerprint density at radius 3 is 2.55 bits per heavy atom. The average Bonchev–Trinajstić information content (AvgIpc) is 2.95. The Balaban J connectivity index is 1.97. The standard InChI is InChI=1S/C16H14N4OS/c1-21-14-9-7-13(8-10-14)15-18-19-16(22)20(15)17-11-12-5-3-2-4-6-12/h2-11H,1H3,(H,19,22)/b17-11-. The first-order chi connectivity index (χ1) is 10.8. The van der Waals surface area contributed by atoms with Crippen molar-refractivity contribution in [2.24, 2.45) is 5.10 Å². The Bertz CT molecular complexity index is 835. The van der Waals surface area contributed by atoms with E-state index < -0.39 is 0 Å². The van der Waals surface area contributed by atoms with Gasteiger partial charge in [-0.25, -0.2) is 5.10 Å². The molecule has 3 rings (SSSR count). The number of benzene rings is 2. The van der Waals surface area contributed by atoms with Gasteiger partial charge >= 0.3 is 0 Å². The van der Waals surface area contributed by atoms with Crippen LogP contribution in [0, 0.1) is 4.77 Å². The zero-order valence-corrected chi connectivity index (χ0v) is 12.7. The summed E-state index contributed by atoms with van der Waals surface area (Å²) in [6.07, 6.45) is 1.75. The van der Waals surface area contributed by atoms with Crippen LogP contribution >= 0.6 is 12.2 Å². The number of aromatic amines is 1. The maximum Gasteiger partial charge on any atom is 0.216 e. The molecule has 0 spiro atoms. The number of nitrogens with one attached hydrogen (secondary N) is 1. The van der Waals surface area contributed by atoms with Crippen molar-refractivity contribution in [3.05, 3.63) is 64.9 Å². The molecule has 0 fully saturated rings. The van der Waals surface area contributed by atoms with Gasteiger partial charge in [-0.05, 0) is 42.0 Å². The van der Waals surface area contributed by atoms with Gasteiger partial charge in [0, 0.05) is 5.56 Å². The van der Waals surface area contributed by atoms with Gasteiger partial charge in [0.1, 0.15) is 5.75 Å². The lowest BCUT2D eigenvalue weighted by Gasteiger charge is -2.03. The lowest BCUT2D eigenvalue weighted by Crippen LogP contribution is -1.95. The molecule has 110 valence electrons. The fraction of sp³-hybridized carbons (Fsp3) is 0.0625. The summed E-state index contributed by atoms with van der Waals surface area (Å²) in [5.74, 6) is 1.44. The first kappa shape index (κ1) is 14.2. The van der Waals surface area contributed by atoms with Gasteiger partial charge in [0.15, 0.2) is 5.82 Å². The Morgan fingerprint density at radius 2 is 1.86 bits per heavy atom. The highest BCUT2D eigenvalue weighted by atomic mass is 32.1. The summed E-state index contributed by atoms with van der Waals surface area (Å²) < 4.78 is 7.20. The van der Waals surface area contributed by atoms with E-state index in [4.69, 9.17) is 17.0 Å². The Labute approximate surface area is 132 Å². The van der Waals surface area contributed by atoms with Crippen LogP contribution in [0.1, 0.15) is 5.56 Å². The van der Waals surface area contributed by atoms with E-state index in [-0.39, 0.29) is 0 Å². The van der Waals surface area contributed by atoms with E-state index in [0.717, 1.165) is 16.9 Å². The van der Waals surface area contributed by atoms with Crippen molar-refractivity contribution < 1.29 is 4.74 Å². The number of hydrogen-bond acceptors (Lipinski definition) is 4. The van der Waals surface area contributed by atoms with Gasteiger partial charge < -0.3 is 4.74 Å². The van der Waals surface area contributed by atoms with E-state index in [2.05, 4.69) is 15.3 Å². The highest BCUT2D eigenvalue weighted by molar-refractivity contribution is 7.71. The number of rotatable bonds is 4. The molecule has 3 aromatic rings. The van der Waals surface area contributed by atoms with Crippen molar-refractivity contribution in [2.45, 2.75) is 0 Å². The molecule has 0 bridgehead atoms. The molecule has 0 unspecified atom stereocenters. The van der Waals surface area contributed by atoms with Crippen molar-refractivity contribution in [3.63, 3.8) is 0 Å². The minimum Gasteiger partial charge on any atom is -0.497 e. The van der Waals surface area contributed by atoms with E-state index in [0.29, 0.717) is 10.6 Å². The molecule has 5 nitrogen and oxygen atoms in total. The summed E-state index contributed by atoms with van der Waals surface area (Å²) in [6.45, 7) is 0. The Morgan fingerprint density at radius 1 is 1.14 bits per heavy atom. The van der Waals surface area contributed by atoms with Crippen molar-refractivity contribution in [2.75, 3.05) is 7.11 Å². The number of hydrogen-bond donors (Lipinski definition) is 1. The number of nitrogens with zero attached hydrogens (tertiary/aromatic N) is 3. The van der Waals surface area contributed by atoms with Crippen LogP contribution in [-0.2, 0) is 0 Å².